The zero-order chi connectivity index (χ0) is 37.4. The summed E-state index contributed by atoms with van der Waals surface area (Å²) in [6.07, 6.45) is 5.74. The highest BCUT2D eigenvalue weighted by Crippen LogP contribution is 2.36. The summed E-state index contributed by atoms with van der Waals surface area (Å²) in [5.41, 5.74) is 10.4. The maximum atomic E-state index is 13.7. The van der Waals surface area contributed by atoms with E-state index in [4.69, 9.17) is 16.6 Å². The molecule has 3 fully saturated rings. The molecule has 274 valence electrons. The molecule has 3 aromatic carbocycles. The van der Waals surface area contributed by atoms with Gasteiger partial charge in [-0.15, -0.1) is 0 Å². The van der Waals surface area contributed by atoms with Gasteiger partial charge in [-0.05, 0) is 74.1 Å². The van der Waals surface area contributed by atoms with Crippen molar-refractivity contribution in [1.29, 1.82) is 5.41 Å². The van der Waals surface area contributed by atoms with Gasteiger partial charge >= 0.3 is 0 Å². The molecule has 0 saturated carbocycles. The second kappa shape index (κ2) is 14.7. The van der Waals surface area contributed by atoms with Crippen LogP contribution in [0.4, 0.5) is 11.4 Å². The molecule has 0 bridgehead atoms. The molecule has 4 amide bonds. The number of nitrogens with one attached hydrogen (secondary N) is 2. The number of anilines is 2. The standard InChI is InChI=1S/C40H44N8O5/c1-45(32-7-4-6-29-36(32)40(53)48(39(29)52)33-13-14-35(50)44-38(33)51)25-15-19-47(20-16-25)27-17-21-46(22-18-27)26-11-9-24(10-12-26)30(37(42)43)23-31(41)28-5-2-3-8-34(28)49/h2-12,23,25,27,33,41,49H,13-22H2,1H3,(H3,42,43)(H,44,50,51)/p+1/b30-23-,41-31?. The highest BCUT2D eigenvalue weighted by atomic mass is 16.3. The number of nitrogens with two attached hydrogens (primary N) is 2. The fraction of sp³-hybridized carbons (Fsp3) is 0.350. The van der Waals surface area contributed by atoms with Gasteiger partial charge in [0.05, 0.1) is 22.4 Å². The molecule has 53 heavy (non-hydrogen) atoms. The third-order valence-electron chi connectivity index (χ3n) is 11.2. The number of nitrogens with zero attached hydrogens (tertiary/aromatic N) is 4. The molecule has 0 aliphatic carbocycles. The quantitative estimate of drug-likeness (QED) is 0.125. The van der Waals surface area contributed by atoms with Crippen LogP contribution in [0.15, 0.2) is 72.8 Å². The molecule has 3 aromatic rings. The number of phenols is 1. The van der Waals surface area contributed by atoms with Crippen LogP contribution >= 0.6 is 0 Å². The van der Waals surface area contributed by atoms with E-state index in [2.05, 4.69) is 20.0 Å². The van der Waals surface area contributed by atoms with Gasteiger partial charge in [0.1, 0.15) is 17.6 Å². The van der Waals surface area contributed by atoms with Crippen LogP contribution in [0.1, 0.15) is 70.4 Å². The maximum Gasteiger partial charge on any atom is 0.264 e. The molecule has 7 rings (SSSR count). The zero-order valence-electron chi connectivity index (χ0n) is 29.8. The Morgan fingerprint density at radius 2 is 1.60 bits per heavy atom. The van der Waals surface area contributed by atoms with Gasteiger partial charge in [0.25, 0.3) is 11.8 Å². The van der Waals surface area contributed by atoms with Crippen LogP contribution in [-0.4, -0.2) is 101 Å². The number of piperidine rings is 3. The van der Waals surface area contributed by atoms with Crippen LogP contribution in [0.3, 0.4) is 0 Å². The Kier molecular flexibility index (Phi) is 9.84. The van der Waals surface area contributed by atoms with Gasteiger partial charge in [0.15, 0.2) is 0 Å². The number of carbonyl (C=O) groups excluding carboxylic acids is 4. The number of hydrogen-bond donors (Lipinski definition) is 5. The number of carbonyl (C=O) groups is 4. The van der Waals surface area contributed by atoms with Crippen molar-refractivity contribution in [2.75, 3.05) is 43.0 Å². The molecule has 13 nitrogen and oxygen atoms in total. The molecule has 4 aliphatic rings. The monoisotopic (exact) mass is 717 g/mol. The summed E-state index contributed by atoms with van der Waals surface area (Å²) < 4.78 is 0. The SMILES string of the molecule is CN(c1cccc2c1C(=O)N(C1CCC(=O)NC1=O)C2=O)C1CCN(C2CCN(c3ccc(/C(=C/C(=[NH2+])c4ccccc4O)C(=N)N)cc3)CC2)CC1. The highest BCUT2D eigenvalue weighted by molar-refractivity contribution is 6.27. The number of fused-ring (bicyclic) bond motifs is 1. The Balaban J connectivity index is 0.940. The number of para-hydroxylation sites is 1. The van der Waals surface area contributed by atoms with Gasteiger partial charge in [0, 0.05) is 69.1 Å². The fourth-order valence-corrected chi connectivity index (χ4v) is 8.23. The highest BCUT2D eigenvalue weighted by Gasteiger charge is 2.46. The van der Waals surface area contributed by atoms with Crippen molar-refractivity contribution in [3.8, 4) is 5.75 Å². The van der Waals surface area contributed by atoms with Gasteiger partial charge in [0.2, 0.25) is 17.5 Å². The van der Waals surface area contributed by atoms with Crippen molar-refractivity contribution in [2.24, 2.45) is 5.73 Å². The molecule has 1 atom stereocenters. The van der Waals surface area contributed by atoms with Crippen molar-refractivity contribution >= 4 is 52.1 Å². The van der Waals surface area contributed by atoms with Crippen molar-refractivity contribution in [3.05, 3.63) is 95.1 Å². The molecule has 7 N–H and O–H groups in total. The summed E-state index contributed by atoms with van der Waals surface area (Å²) in [5.74, 6) is -2.03. The van der Waals surface area contributed by atoms with Crippen LogP contribution in [0.2, 0.25) is 0 Å². The van der Waals surface area contributed by atoms with Gasteiger partial charge in [-0.25, -0.2) is 0 Å². The van der Waals surface area contributed by atoms with Gasteiger partial charge in [-0.1, -0.05) is 30.3 Å². The first kappa shape index (κ1) is 35.6. The Morgan fingerprint density at radius 1 is 0.906 bits per heavy atom. The van der Waals surface area contributed by atoms with Crippen LogP contribution in [0.25, 0.3) is 5.57 Å². The van der Waals surface area contributed by atoms with E-state index in [1.165, 1.54) is 0 Å². The Labute approximate surface area is 308 Å². The first-order valence-electron chi connectivity index (χ1n) is 18.2. The van der Waals surface area contributed by atoms with E-state index in [0.29, 0.717) is 39.7 Å². The summed E-state index contributed by atoms with van der Waals surface area (Å²) in [6, 6.07) is 19.7. The number of phenolic OH excluding ortho intramolecular Hbond substituents is 1. The summed E-state index contributed by atoms with van der Waals surface area (Å²) in [7, 11) is 1.97. The van der Waals surface area contributed by atoms with Crippen LogP contribution in [0, 0.1) is 5.41 Å². The van der Waals surface area contributed by atoms with Crippen molar-refractivity contribution in [3.63, 3.8) is 0 Å². The first-order chi connectivity index (χ1) is 25.5. The number of amidine groups is 1. The van der Waals surface area contributed by atoms with E-state index in [1.807, 2.05) is 37.4 Å². The molecule has 4 heterocycles. The lowest BCUT2D eigenvalue weighted by Crippen LogP contribution is -2.54. The molecule has 0 radical (unpaired) electrons. The van der Waals surface area contributed by atoms with Crippen LogP contribution in [0.5, 0.6) is 5.75 Å². The zero-order valence-corrected chi connectivity index (χ0v) is 29.8. The molecule has 1 unspecified atom stereocenters. The summed E-state index contributed by atoms with van der Waals surface area (Å²) in [6.45, 7) is 3.70. The average Bonchev–Trinajstić information content (AvgIpc) is 3.42. The normalized spacial score (nSPS) is 20.4. The van der Waals surface area contributed by atoms with Gasteiger partial charge in [-0.3, -0.25) is 40.2 Å². The third-order valence-corrected chi connectivity index (χ3v) is 11.2. The lowest BCUT2D eigenvalue weighted by Gasteiger charge is -2.44. The first-order valence-corrected chi connectivity index (χ1v) is 18.2. The fourth-order valence-electron chi connectivity index (χ4n) is 8.23. The molecule has 13 heteroatoms. The molecule has 3 saturated heterocycles. The molecule has 4 aliphatic heterocycles. The third kappa shape index (κ3) is 6.91. The minimum Gasteiger partial charge on any atom is -0.507 e. The van der Waals surface area contributed by atoms with Gasteiger partial charge in [-0.2, -0.15) is 0 Å². The van der Waals surface area contributed by atoms with Crippen molar-refractivity contribution < 1.29 is 29.7 Å². The number of likely N-dealkylation sites (tertiary alicyclic amines) is 1. The largest absolute Gasteiger partial charge is 0.507 e. The molecular weight excluding hydrogens is 672 g/mol. The summed E-state index contributed by atoms with van der Waals surface area (Å²) in [5, 5.41) is 26.9. The van der Waals surface area contributed by atoms with E-state index in [0.717, 1.165) is 68.0 Å². The summed E-state index contributed by atoms with van der Waals surface area (Å²) >= 11 is 0. The van der Waals surface area contributed by atoms with Crippen LogP contribution in [-0.2, 0) is 9.59 Å². The van der Waals surface area contributed by atoms with E-state index in [1.54, 1.807) is 42.5 Å². The Hall–Kier alpha value is -5.82. The number of aromatic hydroxyl groups is 1. The Bertz CT molecular complexity index is 2010. The number of benzene rings is 3. The smallest absolute Gasteiger partial charge is 0.264 e. The number of hydrogen-bond acceptors (Lipinski definition) is 9. The maximum absolute atomic E-state index is 13.7. The van der Waals surface area contributed by atoms with E-state index >= 15 is 0 Å². The Morgan fingerprint density at radius 3 is 2.26 bits per heavy atom. The number of rotatable bonds is 9. The minimum atomic E-state index is -0.991. The molecule has 0 aromatic heterocycles. The average molecular weight is 718 g/mol. The number of allylic oxidation sites excluding steroid dienone is 1. The topological polar surface area (TPSA) is 189 Å². The lowest BCUT2D eigenvalue weighted by atomic mass is 9.95. The van der Waals surface area contributed by atoms with Crippen molar-refractivity contribution in [2.45, 2.75) is 56.7 Å². The second-order valence-electron chi connectivity index (χ2n) is 14.2. The van der Waals surface area contributed by atoms with E-state index in [-0.39, 0.29) is 30.5 Å². The predicted octanol–water partition coefficient (Wildman–Crippen LogP) is 1.93. The summed E-state index contributed by atoms with van der Waals surface area (Å²) in [4.78, 5) is 59.4. The molecule has 0 spiro atoms. The number of imide groups is 2. The number of amides is 4. The van der Waals surface area contributed by atoms with E-state index < -0.39 is 29.7 Å². The predicted molar refractivity (Wildman–Crippen MR) is 202 cm³/mol. The molecular formula is C40H45N8O5+. The second-order valence-corrected chi connectivity index (χ2v) is 14.2. The minimum absolute atomic E-state index is 0.0627. The van der Waals surface area contributed by atoms with E-state index in [9.17, 15) is 24.3 Å². The van der Waals surface area contributed by atoms with Gasteiger partial charge < -0.3 is 25.5 Å². The lowest BCUT2D eigenvalue weighted by molar-refractivity contribution is -0.136. The van der Waals surface area contributed by atoms with Crippen molar-refractivity contribution in [1.82, 2.24) is 15.1 Å². The van der Waals surface area contributed by atoms with Crippen LogP contribution < -0.4 is 26.3 Å².